The van der Waals surface area contributed by atoms with Crippen LogP contribution in [0.3, 0.4) is 0 Å². The van der Waals surface area contributed by atoms with Crippen LogP contribution in [0.4, 0.5) is 10.3 Å². The van der Waals surface area contributed by atoms with E-state index >= 15 is 0 Å². The Hall–Kier alpha value is -2.82. The Balaban J connectivity index is 1.43. The first-order valence-corrected chi connectivity index (χ1v) is 9.47. The van der Waals surface area contributed by atoms with Crippen LogP contribution >= 0.6 is 0 Å². The van der Waals surface area contributed by atoms with Crippen molar-refractivity contribution in [3.8, 4) is 0 Å². The first-order chi connectivity index (χ1) is 13.3. The van der Waals surface area contributed by atoms with Gasteiger partial charge in [0.1, 0.15) is 0 Å². The molecule has 0 saturated carbocycles. The summed E-state index contributed by atoms with van der Waals surface area (Å²) in [6, 6.07) is 13.1. The van der Waals surface area contributed by atoms with E-state index in [0.29, 0.717) is 11.9 Å². The third-order valence-electron chi connectivity index (χ3n) is 6.20. The summed E-state index contributed by atoms with van der Waals surface area (Å²) >= 11 is 0. The third-order valence-corrected chi connectivity index (χ3v) is 6.20. The molecule has 136 valence electrons. The fraction of sp³-hybridized carbons (Fsp3) is 0.318. The van der Waals surface area contributed by atoms with Gasteiger partial charge in [0.25, 0.3) is 0 Å². The van der Waals surface area contributed by atoms with E-state index in [2.05, 4.69) is 50.2 Å². The van der Waals surface area contributed by atoms with Crippen LogP contribution in [-0.4, -0.2) is 28.0 Å². The molecule has 5 rings (SSSR count). The van der Waals surface area contributed by atoms with Crippen molar-refractivity contribution in [2.45, 2.75) is 30.6 Å². The monoisotopic (exact) mass is 360 g/mol. The van der Waals surface area contributed by atoms with Gasteiger partial charge in [0.15, 0.2) is 5.82 Å². The van der Waals surface area contributed by atoms with E-state index in [4.69, 9.17) is 0 Å². The minimum Gasteiger partial charge on any atom is -0.341 e. The van der Waals surface area contributed by atoms with E-state index in [9.17, 15) is 4.39 Å². The smallest absolute Gasteiger partial charge is 0.225 e. The van der Waals surface area contributed by atoms with Crippen LogP contribution < -0.4 is 4.90 Å². The number of piperidine rings is 1. The zero-order valence-corrected chi connectivity index (χ0v) is 15.1. The number of hydrogen-bond donors (Lipinski definition) is 0. The highest BCUT2D eigenvalue weighted by atomic mass is 19.1. The maximum atomic E-state index is 13.1. The number of aromatic nitrogens is 3. The van der Waals surface area contributed by atoms with E-state index in [1.165, 1.54) is 29.1 Å². The molecule has 1 aliphatic carbocycles. The number of hydrogen-bond acceptors (Lipinski definition) is 4. The highest BCUT2D eigenvalue weighted by Crippen LogP contribution is 2.53. The van der Waals surface area contributed by atoms with E-state index in [0.717, 1.165) is 32.4 Å². The largest absolute Gasteiger partial charge is 0.341 e. The lowest BCUT2D eigenvalue weighted by Crippen LogP contribution is -2.42. The molecule has 1 atom stereocenters. The third kappa shape index (κ3) is 2.78. The summed E-state index contributed by atoms with van der Waals surface area (Å²) in [5.74, 6) is 0.640. The Morgan fingerprint density at radius 2 is 1.74 bits per heavy atom. The second kappa shape index (κ2) is 6.41. The maximum absolute atomic E-state index is 13.1. The van der Waals surface area contributed by atoms with Gasteiger partial charge in [-0.15, -0.1) is 0 Å². The van der Waals surface area contributed by atoms with Gasteiger partial charge in [-0.2, -0.15) is 0 Å². The van der Waals surface area contributed by atoms with Crippen molar-refractivity contribution in [3.05, 3.63) is 83.7 Å². The van der Waals surface area contributed by atoms with Gasteiger partial charge in [-0.25, -0.2) is 14.4 Å². The van der Waals surface area contributed by atoms with Crippen LogP contribution in [-0.2, 0) is 5.41 Å². The zero-order chi connectivity index (χ0) is 18.3. The van der Waals surface area contributed by atoms with Crippen molar-refractivity contribution in [2.75, 3.05) is 18.0 Å². The van der Waals surface area contributed by atoms with E-state index in [1.54, 1.807) is 0 Å². The molecule has 0 amide bonds. The van der Waals surface area contributed by atoms with Crippen molar-refractivity contribution in [1.82, 2.24) is 15.0 Å². The van der Waals surface area contributed by atoms with Gasteiger partial charge < -0.3 is 4.90 Å². The van der Waals surface area contributed by atoms with Crippen LogP contribution in [0.1, 0.15) is 41.9 Å². The molecule has 1 unspecified atom stereocenters. The average Bonchev–Trinajstić information content (AvgIpc) is 3.05. The normalized spacial score (nSPS) is 20.6. The second-order valence-corrected chi connectivity index (χ2v) is 7.60. The molecule has 3 heterocycles. The standard InChI is InChI=1S/C22H21FN4/c23-17-14-25-21(26-15-17)27-10-7-22(8-11-27)12-19(16-4-3-9-24-13-16)18-5-1-2-6-20(18)22/h1-6,9,13-15,19H,7-8,10-12H2. The topological polar surface area (TPSA) is 41.9 Å². The van der Waals surface area contributed by atoms with Crippen molar-refractivity contribution in [2.24, 2.45) is 0 Å². The zero-order valence-electron chi connectivity index (χ0n) is 15.1. The molecule has 1 spiro atoms. The molecule has 5 heteroatoms. The highest BCUT2D eigenvalue weighted by Gasteiger charge is 2.45. The summed E-state index contributed by atoms with van der Waals surface area (Å²) in [6.45, 7) is 1.78. The summed E-state index contributed by atoms with van der Waals surface area (Å²) in [4.78, 5) is 14.8. The van der Waals surface area contributed by atoms with Gasteiger partial charge in [0.05, 0.1) is 12.4 Å². The molecule has 0 radical (unpaired) electrons. The Bertz CT molecular complexity index is 934. The van der Waals surface area contributed by atoms with Gasteiger partial charge in [-0.05, 0) is 47.4 Å². The number of anilines is 1. The van der Waals surface area contributed by atoms with Crippen molar-refractivity contribution >= 4 is 5.95 Å². The molecule has 0 N–H and O–H groups in total. The second-order valence-electron chi connectivity index (χ2n) is 7.60. The molecule has 1 saturated heterocycles. The number of nitrogens with zero attached hydrogens (tertiary/aromatic N) is 4. The number of halogens is 1. The van der Waals surface area contributed by atoms with Crippen LogP contribution in [0.5, 0.6) is 0 Å². The van der Waals surface area contributed by atoms with E-state index in [-0.39, 0.29) is 5.41 Å². The number of benzene rings is 1. The van der Waals surface area contributed by atoms with Crippen LogP contribution in [0.15, 0.2) is 61.2 Å². The number of fused-ring (bicyclic) bond motifs is 2. The summed E-state index contributed by atoms with van der Waals surface area (Å²) in [5, 5.41) is 0. The summed E-state index contributed by atoms with van der Waals surface area (Å²) < 4.78 is 13.1. The molecule has 1 fully saturated rings. The Morgan fingerprint density at radius 1 is 0.963 bits per heavy atom. The fourth-order valence-corrected chi connectivity index (χ4v) is 4.85. The van der Waals surface area contributed by atoms with Crippen LogP contribution in [0.2, 0.25) is 0 Å². The fourth-order valence-electron chi connectivity index (χ4n) is 4.85. The Labute approximate surface area is 158 Å². The maximum Gasteiger partial charge on any atom is 0.225 e. The first kappa shape index (κ1) is 16.4. The predicted molar refractivity (Wildman–Crippen MR) is 102 cm³/mol. The first-order valence-electron chi connectivity index (χ1n) is 9.47. The molecular formula is C22H21FN4. The predicted octanol–water partition coefficient (Wildman–Crippen LogP) is 4.08. The highest BCUT2D eigenvalue weighted by molar-refractivity contribution is 5.48. The molecule has 0 bridgehead atoms. The molecule has 1 aromatic carbocycles. The minimum absolute atomic E-state index is 0.188. The lowest BCUT2D eigenvalue weighted by atomic mass is 9.73. The van der Waals surface area contributed by atoms with Gasteiger partial charge in [0, 0.05) is 31.4 Å². The summed E-state index contributed by atoms with van der Waals surface area (Å²) in [7, 11) is 0. The van der Waals surface area contributed by atoms with E-state index in [1.807, 2.05) is 18.5 Å². The van der Waals surface area contributed by atoms with Crippen LogP contribution in [0.25, 0.3) is 0 Å². The lowest BCUT2D eigenvalue weighted by molar-refractivity contribution is 0.320. The van der Waals surface area contributed by atoms with Gasteiger partial charge in [-0.1, -0.05) is 30.3 Å². The Morgan fingerprint density at radius 3 is 2.48 bits per heavy atom. The quantitative estimate of drug-likeness (QED) is 0.690. The summed E-state index contributed by atoms with van der Waals surface area (Å²) in [6.07, 6.45) is 9.56. The summed E-state index contributed by atoms with van der Waals surface area (Å²) in [5.41, 5.74) is 4.41. The minimum atomic E-state index is -0.392. The van der Waals surface area contributed by atoms with Crippen LogP contribution in [0, 0.1) is 5.82 Å². The molecular weight excluding hydrogens is 339 g/mol. The molecule has 3 aromatic rings. The number of rotatable bonds is 2. The number of pyridine rings is 1. The molecule has 2 aromatic heterocycles. The van der Waals surface area contributed by atoms with Gasteiger partial charge in [-0.3, -0.25) is 4.98 Å². The molecule has 4 nitrogen and oxygen atoms in total. The average molecular weight is 360 g/mol. The van der Waals surface area contributed by atoms with Gasteiger partial charge in [0.2, 0.25) is 5.95 Å². The van der Waals surface area contributed by atoms with Crippen molar-refractivity contribution < 1.29 is 4.39 Å². The van der Waals surface area contributed by atoms with Crippen molar-refractivity contribution in [3.63, 3.8) is 0 Å². The molecule has 1 aliphatic heterocycles. The van der Waals surface area contributed by atoms with Crippen molar-refractivity contribution in [1.29, 1.82) is 0 Å². The molecule has 2 aliphatic rings. The SMILES string of the molecule is Fc1cnc(N2CCC3(CC2)CC(c2cccnc2)c2ccccc23)nc1. The Kier molecular flexibility index (Phi) is 3.88. The molecule has 27 heavy (non-hydrogen) atoms. The van der Waals surface area contributed by atoms with E-state index < -0.39 is 5.82 Å². The lowest BCUT2D eigenvalue weighted by Gasteiger charge is -2.40. The van der Waals surface area contributed by atoms with Gasteiger partial charge >= 0.3 is 0 Å².